The molecule has 2 rings (SSSR count). The molecule has 2 N–H and O–H groups in total. The summed E-state index contributed by atoms with van der Waals surface area (Å²) >= 11 is 0. The third-order valence-corrected chi connectivity index (χ3v) is 3.39. The Balaban J connectivity index is 2.38. The van der Waals surface area contributed by atoms with Crippen LogP contribution in [0.4, 0.5) is 0 Å². The number of nitrogens with two attached hydrogens (primary N) is 1. The molecular weight excluding hydrogens is 262 g/mol. The van der Waals surface area contributed by atoms with Gasteiger partial charge in [-0.25, -0.2) is 0 Å². The Morgan fingerprint density at radius 3 is 2.43 bits per heavy atom. The van der Waals surface area contributed by atoms with Crippen LogP contribution in [-0.2, 0) is 6.42 Å². The second-order valence-electron chi connectivity index (χ2n) is 5.16. The smallest absolute Gasteiger partial charge is 0.123 e. The Labute approximate surface area is 127 Å². The van der Waals surface area contributed by atoms with Gasteiger partial charge in [0, 0.05) is 5.56 Å². The van der Waals surface area contributed by atoms with Crippen LogP contribution < -0.4 is 15.2 Å². The van der Waals surface area contributed by atoms with Gasteiger partial charge in [-0.3, -0.25) is 0 Å². The summed E-state index contributed by atoms with van der Waals surface area (Å²) in [5.41, 5.74) is 6.96. The van der Waals surface area contributed by atoms with Crippen molar-refractivity contribution < 1.29 is 9.47 Å². The predicted octanol–water partition coefficient (Wildman–Crippen LogP) is 3.92. The van der Waals surface area contributed by atoms with Crippen LogP contribution in [0, 0.1) is 0 Å². The van der Waals surface area contributed by atoms with Crippen molar-refractivity contribution in [1.29, 1.82) is 0 Å². The van der Waals surface area contributed by atoms with Crippen molar-refractivity contribution in [1.82, 2.24) is 0 Å². The van der Waals surface area contributed by atoms with E-state index in [1.165, 1.54) is 16.3 Å². The minimum atomic E-state index is 0.621. The van der Waals surface area contributed by atoms with Crippen molar-refractivity contribution >= 4 is 10.8 Å². The lowest BCUT2D eigenvalue weighted by molar-refractivity contribution is 0.314. The number of rotatable bonds is 8. The molecule has 0 atom stereocenters. The minimum absolute atomic E-state index is 0.621. The summed E-state index contributed by atoms with van der Waals surface area (Å²) in [6, 6.07) is 10.4. The van der Waals surface area contributed by atoms with Crippen LogP contribution in [0.5, 0.6) is 11.5 Å². The normalized spacial score (nSPS) is 10.8. The first-order chi connectivity index (χ1) is 10.3. The summed E-state index contributed by atoms with van der Waals surface area (Å²) in [4.78, 5) is 0. The maximum absolute atomic E-state index is 5.86. The maximum atomic E-state index is 5.86. The van der Waals surface area contributed by atoms with Gasteiger partial charge in [-0.1, -0.05) is 26.0 Å². The molecule has 0 aliphatic heterocycles. The lowest BCUT2D eigenvalue weighted by Gasteiger charge is -2.14. The molecule has 0 aliphatic rings. The molecule has 114 valence electrons. The van der Waals surface area contributed by atoms with Crippen molar-refractivity contribution in [3.05, 3.63) is 35.9 Å². The van der Waals surface area contributed by atoms with Gasteiger partial charge in [-0.2, -0.15) is 0 Å². The van der Waals surface area contributed by atoms with Gasteiger partial charge < -0.3 is 15.2 Å². The summed E-state index contributed by atoms with van der Waals surface area (Å²) in [6.07, 6.45) is 2.84. The standard InChI is InChI=1S/C18H25NO2/c1-3-11-20-15-6-7-16-14(13-15)5-8-18(21-12-4-2)17(16)9-10-19/h5-8,13H,3-4,9-12,19H2,1-2H3. The lowest BCUT2D eigenvalue weighted by Crippen LogP contribution is -2.06. The molecule has 0 spiro atoms. The van der Waals surface area contributed by atoms with Gasteiger partial charge in [0.1, 0.15) is 11.5 Å². The molecule has 0 bridgehead atoms. The van der Waals surface area contributed by atoms with Crippen LogP contribution in [0.2, 0.25) is 0 Å². The molecule has 2 aromatic carbocycles. The topological polar surface area (TPSA) is 44.5 Å². The molecular formula is C18H25NO2. The van der Waals surface area contributed by atoms with Gasteiger partial charge in [-0.15, -0.1) is 0 Å². The first kappa shape index (κ1) is 15.6. The van der Waals surface area contributed by atoms with Crippen molar-refractivity contribution in [2.24, 2.45) is 5.73 Å². The van der Waals surface area contributed by atoms with Gasteiger partial charge in [-0.05, 0) is 54.8 Å². The van der Waals surface area contributed by atoms with Crippen LogP contribution in [0.25, 0.3) is 10.8 Å². The van der Waals surface area contributed by atoms with Crippen LogP contribution in [0.15, 0.2) is 30.3 Å². The summed E-state index contributed by atoms with van der Waals surface area (Å²) in [5, 5.41) is 2.38. The molecule has 21 heavy (non-hydrogen) atoms. The quantitative estimate of drug-likeness (QED) is 0.800. The van der Waals surface area contributed by atoms with Crippen molar-refractivity contribution in [3.8, 4) is 11.5 Å². The van der Waals surface area contributed by atoms with E-state index in [4.69, 9.17) is 15.2 Å². The first-order valence-electron chi connectivity index (χ1n) is 7.81. The van der Waals surface area contributed by atoms with E-state index in [0.29, 0.717) is 6.54 Å². The van der Waals surface area contributed by atoms with Gasteiger partial charge >= 0.3 is 0 Å². The number of fused-ring (bicyclic) bond motifs is 1. The Kier molecular flexibility index (Phi) is 5.88. The average molecular weight is 287 g/mol. The molecule has 0 heterocycles. The summed E-state index contributed by atoms with van der Waals surface area (Å²) in [5.74, 6) is 1.88. The molecule has 0 aromatic heterocycles. The molecule has 0 radical (unpaired) electrons. The third-order valence-electron chi connectivity index (χ3n) is 3.39. The Morgan fingerprint density at radius 1 is 0.952 bits per heavy atom. The average Bonchev–Trinajstić information content (AvgIpc) is 2.52. The van der Waals surface area contributed by atoms with Crippen LogP contribution in [0.1, 0.15) is 32.3 Å². The van der Waals surface area contributed by atoms with Gasteiger partial charge in [0.2, 0.25) is 0 Å². The molecule has 0 aliphatic carbocycles. The Morgan fingerprint density at radius 2 is 1.71 bits per heavy atom. The van der Waals surface area contributed by atoms with Crippen molar-refractivity contribution in [2.75, 3.05) is 19.8 Å². The molecule has 0 saturated carbocycles. The fourth-order valence-electron chi connectivity index (χ4n) is 2.41. The van der Waals surface area contributed by atoms with Crippen molar-refractivity contribution in [2.45, 2.75) is 33.1 Å². The summed E-state index contributed by atoms with van der Waals surface area (Å²) in [6.45, 7) is 6.33. The Hall–Kier alpha value is -1.74. The van der Waals surface area contributed by atoms with E-state index in [1.54, 1.807) is 0 Å². The van der Waals surface area contributed by atoms with Gasteiger partial charge in [0.25, 0.3) is 0 Å². The zero-order valence-corrected chi connectivity index (χ0v) is 13.0. The van der Waals surface area contributed by atoms with E-state index in [9.17, 15) is 0 Å². The zero-order chi connectivity index (χ0) is 15.1. The Bertz CT molecular complexity index is 581. The van der Waals surface area contributed by atoms with E-state index < -0.39 is 0 Å². The van der Waals surface area contributed by atoms with E-state index >= 15 is 0 Å². The molecule has 3 heteroatoms. The van der Waals surface area contributed by atoms with Crippen molar-refractivity contribution in [3.63, 3.8) is 0 Å². The van der Waals surface area contributed by atoms with E-state index in [-0.39, 0.29) is 0 Å². The number of benzene rings is 2. The molecule has 0 amide bonds. The fraction of sp³-hybridized carbons (Fsp3) is 0.444. The summed E-state index contributed by atoms with van der Waals surface area (Å²) in [7, 11) is 0. The predicted molar refractivity (Wildman–Crippen MR) is 88.3 cm³/mol. The van der Waals surface area contributed by atoms with E-state index in [1.807, 2.05) is 12.1 Å². The summed E-state index contributed by atoms with van der Waals surface area (Å²) < 4.78 is 11.6. The molecule has 0 unspecified atom stereocenters. The van der Waals surface area contributed by atoms with E-state index in [2.05, 4.69) is 32.0 Å². The first-order valence-corrected chi connectivity index (χ1v) is 7.81. The maximum Gasteiger partial charge on any atom is 0.123 e. The largest absolute Gasteiger partial charge is 0.494 e. The number of hydrogen-bond acceptors (Lipinski definition) is 3. The second-order valence-corrected chi connectivity index (χ2v) is 5.16. The molecule has 0 saturated heterocycles. The highest BCUT2D eigenvalue weighted by atomic mass is 16.5. The molecule has 3 nitrogen and oxygen atoms in total. The molecule has 0 fully saturated rings. The SMILES string of the molecule is CCCOc1ccc2c(CCN)c(OCCC)ccc2c1. The fourth-order valence-corrected chi connectivity index (χ4v) is 2.41. The zero-order valence-electron chi connectivity index (χ0n) is 13.0. The molecule has 2 aromatic rings. The third kappa shape index (κ3) is 3.88. The highest BCUT2D eigenvalue weighted by Gasteiger charge is 2.09. The van der Waals surface area contributed by atoms with Gasteiger partial charge in [0.15, 0.2) is 0 Å². The minimum Gasteiger partial charge on any atom is -0.494 e. The van der Waals surface area contributed by atoms with Crippen LogP contribution >= 0.6 is 0 Å². The highest BCUT2D eigenvalue weighted by Crippen LogP contribution is 2.31. The monoisotopic (exact) mass is 287 g/mol. The van der Waals surface area contributed by atoms with E-state index in [0.717, 1.165) is 44.0 Å². The lowest BCUT2D eigenvalue weighted by atomic mass is 10.0. The second kappa shape index (κ2) is 7.89. The van der Waals surface area contributed by atoms with Crippen LogP contribution in [0.3, 0.4) is 0 Å². The van der Waals surface area contributed by atoms with Gasteiger partial charge in [0.05, 0.1) is 13.2 Å². The van der Waals surface area contributed by atoms with Crippen LogP contribution in [-0.4, -0.2) is 19.8 Å². The number of hydrogen-bond donors (Lipinski definition) is 1. The number of ether oxygens (including phenoxy) is 2. The highest BCUT2D eigenvalue weighted by molar-refractivity contribution is 5.89.